The van der Waals surface area contributed by atoms with E-state index in [0.717, 1.165) is 0 Å². The molecule has 9 heteroatoms. The molecule has 0 aliphatic heterocycles. The van der Waals surface area contributed by atoms with Crippen molar-refractivity contribution in [2.75, 3.05) is 26.1 Å². The van der Waals surface area contributed by atoms with Gasteiger partial charge in [-0.2, -0.15) is 5.26 Å². The molecule has 1 heterocycles. The average molecular weight is 426 g/mol. The second kappa shape index (κ2) is 8.89. The Kier molecular flexibility index (Phi) is 6.87. The van der Waals surface area contributed by atoms with Gasteiger partial charge in [0.05, 0.1) is 18.9 Å². The molecule has 0 saturated carbocycles. The Morgan fingerprint density at radius 3 is 2.72 bits per heavy atom. The van der Waals surface area contributed by atoms with Crippen LogP contribution in [-0.2, 0) is 0 Å². The molecule has 0 radical (unpaired) electrons. The second-order valence-electron chi connectivity index (χ2n) is 4.69. The van der Waals surface area contributed by atoms with Crippen molar-refractivity contribution in [3.05, 3.63) is 32.5 Å². The van der Waals surface area contributed by atoms with Crippen molar-refractivity contribution < 1.29 is 14.6 Å². The molecule has 2 rings (SSSR count). The van der Waals surface area contributed by atoms with E-state index in [-0.39, 0.29) is 24.5 Å². The Morgan fingerprint density at radius 1 is 1.40 bits per heavy atom. The van der Waals surface area contributed by atoms with Gasteiger partial charge in [0.1, 0.15) is 18.2 Å². The molecule has 0 atom stereocenters. The van der Waals surface area contributed by atoms with Crippen molar-refractivity contribution in [3.63, 3.8) is 0 Å². The topological polar surface area (TPSA) is 108 Å². The summed E-state index contributed by atoms with van der Waals surface area (Å²) in [5, 5.41) is 18.7. The molecule has 2 aromatic rings. The van der Waals surface area contributed by atoms with Crippen molar-refractivity contribution in [2.45, 2.75) is 12.1 Å². The van der Waals surface area contributed by atoms with Crippen LogP contribution in [0.25, 0.3) is 11.3 Å². The van der Waals surface area contributed by atoms with Gasteiger partial charge in [-0.05, 0) is 41.2 Å². The first kappa shape index (κ1) is 19.3. The predicted octanol–water partition coefficient (Wildman–Crippen LogP) is 2.56. The number of ether oxygens (including phenoxy) is 2. The zero-order valence-corrected chi connectivity index (χ0v) is 16.0. The van der Waals surface area contributed by atoms with Crippen molar-refractivity contribution >= 4 is 27.7 Å². The maximum Gasteiger partial charge on any atom is 0.270 e. The van der Waals surface area contributed by atoms with Crippen molar-refractivity contribution in [1.82, 2.24) is 9.97 Å². The van der Waals surface area contributed by atoms with Gasteiger partial charge in [0.25, 0.3) is 5.56 Å². The Bertz CT molecular complexity index is 864. The van der Waals surface area contributed by atoms with Crippen molar-refractivity contribution in [2.24, 2.45) is 0 Å². The van der Waals surface area contributed by atoms with Gasteiger partial charge in [0.15, 0.2) is 16.7 Å². The van der Waals surface area contributed by atoms with E-state index >= 15 is 0 Å². The molecule has 0 aliphatic carbocycles. The first-order valence-corrected chi connectivity index (χ1v) is 9.36. The number of benzene rings is 1. The highest BCUT2D eigenvalue weighted by Gasteiger charge is 2.19. The number of nitrogens with one attached hydrogen (secondary N) is 1. The Morgan fingerprint density at radius 2 is 2.12 bits per heavy atom. The minimum absolute atomic E-state index is 0.0787. The summed E-state index contributed by atoms with van der Waals surface area (Å²) >= 11 is 4.70. The third-order valence-electron chi connectivity index (χ3n) is 3.14. The van der Waals surface area contributed by atoms with Crippen LogP contribution in [-0.4, -0.2) is 41.2 Å². The molecule has 1 aromatic heterocycles. The van der Waals surface area contributed by atoms with Crippen LogP contribution in [0, 0.1) is 11.3 Å². The minimum Gasteiger partial charge on any atom is -0.490 e. The van der Waals surface area contributed by atoms with Crippen LogP contribution < -0.4 is 15.0 Å². The van der Waals surface area contributed by atoms with Gasteiger partial charge in [-0.15, -0.1) is 0 Å². The van der Waals surface area contributed by atoms with Crippen LogP contribution >= 0.6 is 27.7 Å². The number of rotatable bonds is 7. The highest BCUT2D eigenvalue weighted by molar-refractivity contribution is 9.10. The summed E-state index contributed by atoms with van der Waals surface area (Å²) in [5.74, 6) is 0.880. The van der Waals surface area contributed by atoms with Gasteiger partial charge >= 0.3 is 0 Å². The van der Waals surface area contributed by atoms with Gasteiger partial charge in [0, 0.05) is 10.0 Å². The van der Waals surface area contributed by atoms with Crippen LogP contribution in [0.2, 0.25) is 0 Å². The molecular weight excluding hydrogens is 410 g/mol. The lowest BCUT2D eigenvalue weighted by atomic mass is 10.1. The van der Waals surface area contributed by atoms with Gasteiger partial charge in [0.2, 0.25) is 0 Å². The van der Waals surface area contributed by atoms with Gasteiger partial charge in [-0.1, -0.05) is 11.8 Å². The number of halogens is 1. The molecule has 0 bridgehead atoms. The summed E-state index contributed by atoms with van der Waals surface area (Å²) < 4.78 is 11.6. The molecule has 132 valence electrons. The number of H-pyrrole nitrogens is 1. The van der Waals surface area contributed by atoms with E-state index < -0.39 is 5.56 Å². The molecule has 2 N–H and O–H groups in total. The Balaban J connectivity index is 2.67. The number of aromatic nitrogens is 2. The molecule has 0 amide bonds. The molecule has 1 aromatic carbocycles. The van der Waals surface area contributed by atoms with Crippen LogP contribution in [0.5, 0.6) is 11.5 Å². The lowest BCUT2D eigenvalue weighted by Crippen LogP contribution is -2.15. The van der Waals surface area contributed by atoms with E-state index in [2.05, 4.69) is 25.9 Å². The van der Waals surface area contributed by atoms with E-state index in [4.69, 9.17) is 14.6 Å². The fourth-order valence-corrected chi connectivity index (χ4v) is 2.99. The average Bonchev–Trinajstić information content (AvgIpc) is 2.61. The smallest absolute Gasteiger partial charge is 0.270 e. The number of nitriles is 1. The quantitative estimate of drug-likeness (QED) is 0.518. The molecule has 0 aliphatic rings. The van der Waals surface area contributed by atoms with Crippen LogP contribution in [0.1, 0.15) is 12.5 Å². The lowest BCUT2D eigenvalue weighted by molar-refractivity contribution is 0.194. The summed E-state index contributed by atoms with van der Waals surface area (Å²) in [4.78, 5) is 19.0. The molecule has 0 saturated heterocycles. The van der Waals surface area contributed by atoms with Crippen molar-refractivity contribution in [1.29, 1.82) is 5.26 Å². The first-order chi connectivity index (χ1) is 12.0. The van der Waals surface area contributed by atoms with Gasteiger partial charge < -0.3 is 19.6 Å². The van der Waals surface area contributed by atoms with Crippen LogP contribution in [0.15, 0.2) is 26.6 Å². The predicted molar refractivity (Wildman–Crippen MR) is 98.2 cm³/mol. The van der Waals surface area contributed by atoms with Gasteiger partial charge in [-0.3, -0.25) is 4.79 Å². The number of thioether (sulfide) groups is 1. The molecule has 7 nitrogen and oxygen atoms in total. The third kappa shape index (κ3) is 4.34. The number of nitrogens with zero attached hydrogens (tertiary/aromatic N) is 2. The summed E-state index contributed by atoms with van der Waals surface area (Å²) in [6, 6.07) is 5.22. The SMILES string of the molecule is CCOc1cc(-c2nc(SC)[nH]c(=O)c2C#N)c(Br)cc1OCCO. The summed E-state index contributed by atoms with van der Waals surface area (Å²) in [6.07, 6.45) is 1.78. The standard InChI is InChI=1S/C16H16BrN3O4S/c1-3-23-12-6-9(11(17)7-13(12)24-5-4-21)14-10(8-18)15(22)20-16(19-14)25-2/h6-7,21H,3-5H2,1-2H3,(H,19,20,22). The van der Waals surface area contributed by atoms with Crippen LogP contribution in [0.3, 0.4) is 0 Å². The lowest BCUT2D eigenvalue weighted by Gasteiger charge is -2.15. The zero-order chi connectivity index (χ0) is 18.4. The number of aliphatic hydroxyl groups is 1. The normalized spacial score (nSPS) is 10.4. The van der Waals surface area contributed by atoms with E-state index in [1.54, 1.807) is 18.4 Å². The second-order valence-corrected chi connectivity index (χ2v) is 6.34. The monoisotopic (exact) mass is 425 g/mol. The molecule has 0 spiro atoms. The first-order valence-electron chi connectivity index (χ1n) is 7.34. The summed E-state index contributed by atoms with van der Waals surface area (Å²) in [7, 11) is 0. The van der Waals surface area contributed by atoms with E-state index in [0.29, 0.717) is 33.3 Å². The highest BCUT2D eigenvalue weighted by atomic mass is 79.9. The summed E-state index contributed by atoms with van der Waals surface area (Å²) in [5.41, 5.74) is 0.224. The third-order valence-corrected chi connectivity index (χ3v) is 4.38. The Hall–Kier alpha value is -2.02. The zero-order valence-electron chi connectivity index (χ0n) is 13.6. The maximum atomic E-state index is 12.1. The van der Waals surface area contributed by atoms with Crippen molar-refractivity contribution in [3.8, 4) is 28.8 Å². The fraction of sp³-hybridized carbons (Fsp3) is 0.312. The number of hydrogen-bond donors (Lipinski definition) is 2. The van der Waals surface area contributed by atoms with Gasteiger partial charge in [-0.25, -0.2) is 4.98 Å². The van der Waals surface area contributed by atoms with E-state index in [1.165, 1.54) is 11.8 Å². The number of aliphatic hydroxyl groups excluding tert-OH is 1. The van der Waals surface area contributed by atoms with E-state index in [9.17, 15) is 10.1 Å². The molecule has 0 fully saturated rings. The molecule has 25 heavy (non-hydrogen) atoms. The molecular formula is C16H16BrN3O4S. The minimum atomic E-state index is -0.498. The fourth-order valence-electron chi connectivity index (χ4n) is 2.10. The van der Waals surface area contributed by atoms with Crippen LogP contribution in [0.4, 0.5) is 0 Å². The number of aromatic amines is 1. The largest absolute Gasteiger partial charge is 0.490 e. The summed E-state index contributed by atoms with van der Waals surface area (Å²) in [6.45, 7) is 2.22. The van der Waals surface area contributed by atoms with E-state index in [1.807, 2.05) is 13.0 Å². The number of hydrogen-bond acceptors (Lipinski definition) is 7. The maximum absolute atomic E-state index is 12.1. The Labute approximate surface area is 157 Å². The highest BCUT2D eigenvalue weighted by Crippen LogP contribution is 2.39. The molecule has 0 unspecified atom stereocenters.